The highest BCUT2D eigenvalue weighted by atomic mass is 35.5. The first-order chi connectivity index (χ1) is 17.5. The SMILES string of the molecule is Cc1cc(Nc2ncnc3ccc(N4CC(C)NC(C)C4)nc23)ccc1Oc1ccn2ncnc2c1.Cl. The van der Waals surface area contributed by atoms with Crippen LogP contribution >= 0.6 is 12.4 Å². The normalized spacial score (nSPS) is 17.5. The summed E-state index contributed by atoms with van der Waals surface area (Å²) >= 11 is 0. The monoisotopic (exact) mass is 517 g/mol. The van der Waals surface area contributed by atoms with E-state index in [0.717, 1.165) is 52.6 Å². The molecule has 0 aliphatic carbocycles. The Morgan fingerprint density at radius 2 is 1.81 bits per heavy atom. The number of hydrogen-bond donors (Lipinski definition) is 2. The fraction of sp³-hybridized carbons (Fsp3) is 0.269. The average Bonchev–Trinajstić information content (AvgIpc) is 3.33. The Morgan fingerprint density at radius 3 is 2.62 bits per heavy atom. The molecule has 1 saturated heterocycles. The Bertz CT molecular complexity index is 1550. The minimum atomic E-state index is 0. The van der Waals surface area contributed by atoms with E-state index in [9.17, 15) is 0 Å². The van der Waals surface area contributed by atoms with Gasteiger partial charge in [-0.3, -0.25) is 0 Å². The Morgan fingerprint density at radius 1 is 0.973 bits per heavy atom. The molecule has 0 spiro atoms. The standard InChI is InChI=1S/C26H27N9O.ClH/c1-16-10-19(4-6-22(16)36-20-8-9-35-24(11-20)28-15-30-35)32-26-25-21(27-14-29-26)5-7-23(33-25)34-12-17(2)31-18(3)13-34;/h4-11,14-15,17-18,31H,12-13H2,1-3H3,(H,27,29,32);1H. The first-order valence-corrected chi connectivity index (χ1v) is 12.0. The Hall–Kier alpha value is -4.02. The minimum Gasteiger partial charge on any atom is -0.457 e. The lowest BCUT2D eigenvalue weighted by Gasteiger charge is -2.37. The molecule has 2 N–H and O–H groups in total. The van der Waals surface area contributed by atoms with Gasteiger partial charge in [-0.2, -0.15) is 5.10 Å². The molecule has 1 aliphatic heterocycles. The van der Waals surface area contributed by atoms with E-state index < -0.39 is 0 Å². The van der Waals surface area contributed by atoms with E-state index in [1.54, 1.807) is 10.8 Å². The van der Waals surface area contributed by atoms with Crippen molar-refractivity contribution < 1.29 is 4.74 Å². The van der Waals surface area contributed by atoms with Crippen LogP contribution in [-0.4, -0.2) is 54.7 Å². The number of aromatic nitrogens is 6. The molecule has 1 aliphatic rings. The van der Waals surface area contributed by atoms with Crippen molar-refractivity contribution in [2.24, 2.45) is 0 Å². The Kier molecular flexibility index (Phi) is 6.77. The highest BCUT2D eigenvalue weighted by Crippen LogP contribution is 2.30. The van der Waals surface area contributed by atoms with Crippen LogP contribution in [0.1, 0.15) is 19.4 Å². The first-order valence-electron chi connectivity index (χ1n) is 12.0. The summed E-state index contributed by atoms with van der Waals surface area (Å²) in [4.78, 5) is 20.4. The summed E-state index contributed by atoms with van der Waals surface area (Å²) in [6, 6.07) is 14.5. The maximum absolute atomic E-state index is 6.10. The van der Waals surface area contributed by atoms with Gasteiger partial charge in [-0.1, -0.05) is 0 Å². The molecule has 190 valence electrons. The molecule has 5 heterocycles. The number of fused-ring (bicyclic) bond motifs is 2. The number of piperazine rings is 1. The van der Waals surface area contributed by atoms with Gasteiger partial charge in [0, 0.05) is 43.1 Å². The molecule has 37 heavy (non-hydrogen) atoms. The van der Waals surface area contributed by atoms with E-state index in [4.69, 9.17) is 9.72 Å². The predicted octanol–water partition coefficient (Wildman–Crippen LogP) is 4.52. The van der Waals surface area contributed by atoms with E-state index in [0.29, 0.717) is 23.7 Å². The van der Waals surface area contributed by atoms with Crippen LogP contribution in [0.25, 0.3) is 16.7 Å². The predicted molar refractivity (Wildman–Crippen MR) is 146 cm³/mol. The van der Waals surface area contributed by atoms with Crippen molar-refractivity contribution in [3.8, 4) is 11.5 Å². The molecule has 1 aromatic carbocycles. The number of nitrogens with zero attached hydrogens (tertiary/aromatic N) is 7. The van der Waals surface area contributed by atoms with Crippen molar-refractivity contribution in [1.82, 2.24) is 34.9 Å². The largest absolute Gasteiger partial charge is 0.457 e. The van der Waals surface area contributed by atoms with E-state index in [-0.39, 0.29) is 12.4 Å². The van der Waals surface area contributed by atoms with Crippen molar-refractivity contribution in [2.45, 2.75) is 32.9 Å². The lowest BCUT2D eigenvalue weighted by Crippen LogP contribution is -2.54. The molecule has 2 atom stereocenters. The molecule has 0 radical (unpaired) electrons. The van der Waals surface area contributed by atoms with Gasteiger partial charge in [-0.25, -0.2) is 24.5 Å². The maximum atomic E-state index is 6.10. The summed E-state index contributed by atoms with van der Waals surface area (Å²) in [6.07, 6.45) is 4.91. The molecule has 2 unspecified atom stereocenters. The summed E-state index contributed by atoms with van der Waals surface area (Å²) in [5, 5.41) is 11.1. The fourth-order valence-corrected chi connectivity index (χ4v) is 4.68. The summed E-state index contributed by atoms with van der Waals surface area (Å²) < 4.78 is 7.80. The van der Waals surface area contributed by atoms with E-state index in [2.05, 4.69) is 49.4 Å². The minimum absolute atomic E-state index is 0. The maximum Gasteiger partial charge on any atom is 0.160 e. The molecular formula is C26H28ClN9O. The number of aryl methyl sites for hydroxylation is 1. The summed E-state index contributed by atoms with van der Waals surface area (Å²) in [5.74, 6) is 3.07. The van der Waals surface area contributed by atoms with Crippen molar-refractivity contribution in [3.05, 3.63) is 66.9 Å². The van der Waals surface area contributed by atoms with Crippen LogP contribution in [0.15, 0.2) is 61.3 Å². The van der Waals surface area contributed by atoms with Crippen LogP contribution in [0.2, 0.25) is 0 Å². The molecule has 0 amide bonds. The van der Waals surface area contributed by atoms with Gasteiger partial charge < -0.3 is 20.3 Å². The second kappa shape index (κ2) is 10.2. The third-order valence-corrected chi connectivity index (χ3v) is 6.27. The highest BCUT2D eigenvalue weighted by molar-refractivity contribution is 5.88. The number of benzene rings is 1. The van der Waals surface area contributed by atoms with Crippen LogP contribution in [0.4, 0.5) is 17.3 Å². The molecule has 6 rings (SSSR count). The van der Waals surface area contributed by atoms with Gasteiger partial charge in [0.2, 0.25) is 0 Å². The van der Waals surface area contributed by atoms with E-state index in [1.807, 2.05) is 55.6 Å². The fourth-order valence-electron chi connectivity index (χ4n) is 4.68. The summed E-state index contributed by atoms with van der Waals surface area (Å²) in [5.41, 5.74) is 4.15. The number of nitrogens with one attached hydrogen (secondary N) is 2. The topological polar surface area (TPSA) is 105 Å². The number of anilines is 3. The third kappa shape index (κ3) is 5.11. The van der Waals surface area contributed by atoms with Crippen molar-refractivity contribution in [3.63, 3.8) is 0 Å². The molecule has 1 fully saturated rings. The van der Waals surface area contributed by atoms with Gasteiger partial charge in [-0.15, -0.1) is 12.4 Å². The zero-order chi connectivity index (χ0) is 24.6. The van der Waals surface area contributed by atoms with E-state index >= 15 is 0 Å². The van der Waals surface area contributed by atoms with Gasteiger partial charge in [0.05, 0.1) is 5.52 Å². The second-order valence-electron chi connectivity index (χ2n) is 9.27. The van der Waals surface area contributed by atoms with Gasteiger partial charge >= 0.3 is 0 Å². The number of pyridine rings is 2. The molecule has 4 aromatic heterocycles. The average molecular weight is 518 g/mol. The van der Waals surface area contributed by atoms with E-state index in [1.165, 1.54) is 6.33 Å². The number of hydrogen-bond acceptors (Lipinski definition) is 9. The zero-order valence-electron chi connectivity index (χ0n) is 20.8. The van der Waals surface area contributed by atoms with Gasteiger partial charge in [0.25, 0.3) is 0 Å². The molecule has 5 aromatic rings. The van der Waals surface area contributed by atoms with Crippen LogP contribution in [0.3, 0.4) is 0 Å². The quantitative estimate of drug-likeness (QED) is 0.348. The number of halogens is 1. The molecular weight excluding hydrogens is 490 g/mol. The van der Waals surface area contributed by atoms with Crippen LogP contribution in [0, 0.1) is 6.92 Å². The summed E-state index contributed by atoms with van der Waals surface area (Å²) in [6.45, 7) is 8.22. The Balaban J connectivity index is 0.00000280. The lowest BCUT2D eigenvalue weighted by atomic mass is 10.1. The lowest BCUT2D eigenvalue weighted by molar-refractivity contribution is 0.405. The van der Waals surface area contributed by atoms with Crippen molar-refractivity contribution in [1.29, 1.82) is 0 Å². The number of ether oxygens (including phenoxy) is 1. The van der Waals surface area contributed by atoms with Crippen molar-refractivity contribution in [2.75, 3.05) is 23.3 Å². The first kappa shape index (κ1) is 24.7. The smallest absolute Gasteiger partial charge is 0.160 e. The molecule has 11 heteroatoms. The van der Waals surface area contributed by atoms with Crippen LogP contribution < -0.4 is 20.3 Å². The van der Waals surface area contributed by atoms with Crippen LogP contribution in [-0.2, 0) is 0 Å². The molecule has 10 nitrogen and oxygen atoms in total. The molecule has 0 bridgehead atoms. The van der Waals surface area contributed by atoms with Crippen LogP contribution in [0.5, 0.6) is 11.5 Å². The third-order valence-electron chi connectivity index (χ3n) is 6.27. The highest BCUT2D eigenvalue weighted by Gasteiger charge is 2.22. The van der Waals surface area contributed by atoms with Crippen molar-refractivity contribution >= 4 is 46.4 Å². The summed E-state index contributed by atoms with van der Waals surface area (Å²) in [7, 11) is 0. The second-order valence-corrected chi connectivity index (χ2v) is 9.27. The van der Waals surface area contributed by atoms with Gasteiger partial charge in [-0.05, 0) is 62.7 Å². The number of rotatable bonds is 5. The van der Waals surface area contributed by atoms with Gasteiger partial charge in [0.1, 0.15) is 35.5 Å². The zero-order valence-corrected chi connectivity index (χ0v) is 21.6. The molecule has 0 saturated carbocycles. The Labute approximate surface area is 220 Å². The van der Waals surface area contributed by atoms with Gasteiger partial charge in [0.15, 0.2) is 11.5 Å².